The van der Waals surface area contributed by atoms with Gasteiger partial charge in [0.15, 0.2) is 0 Å². The van der Waals surface area contributed by atoms with Gasteiger partial charge in [0.1, 0.15) is 5.82 Å². The van der Waals surface area contributed by atoms with Gasteiger partial charge in [-0.1, -0.05) is 0 Å². The molecule has 1 aromatic carbocycles. The lowest BCUT2D eigenvalue weighted by molar-refractivity contribution is 0.0729. The van der Waals surface area contributed by atoms with Crippen LogP contribution in [-0.2, 0) is 11.3 Å². The summed E-state index contributed by atoms with van der Waals surface area (Å²) in [5.41, 5.74) is 2.12. The number of benzene rings is 1. The summed E-state index contributed by atoms with van der Waals surface area (Å²) in [4.78, 5) is 4.64. The third-order valence-electron chi connectivity index (χ3n) is 2.86. The number of hydrogen-bond donors (Lipinski definition) is 0. The molecule has 1 heterocycles. The van der Waals surface area contributed by atoms with E-state index in [4.69, 9.17) is 16.3 Å². The van der Waals surface area contributed by atoms with Gasteiger partial charge in [0.05, 0.1) is 29.1 Å². The van der Waals surface area contributed by atoms with Gasteiger partial charge in [0, 0.05) is 10.1 Å². The molecule has 0 aliphatic rings. The Morgan fingerprint density at radius 3 is 2.74 bits per heavy atom. The zero-order chi connectivity index (χ0) is 14.0. The van der Waals surface area contributed by atoms with Crippen molar-refractivity contribution in [1.82, 2.24) is 9.55 Å². The molecule has 0 aliphatic heterocycles. The van der Waals surface area contributed by atoms with Gasteiger partial charge in [-0.25, -0.2) is 4.98 Å². The Bertz CT molecular complexity index is 566. The Kier molecular flexibility index (Phi) is 5.09. The fourth-order valence-electron chi connectivity index (χ4n) is 2.04. The average molecular weight is 393 g/mol. The van der Waals surface area contributed by atoms with E-state index in [1.165, 1.54) is 3.57 Å². The lowest BCUT2D eigenvalue weighted by Gasteiger charge is -2.12. The predicted octanol–water partition coefficient (Wildman–Crippen LogP) is 4.37. The number of fused-ring (bicyclic) bond motifs is 1. The molecule has 0 bridgehead atoms. The van der Waals surface area contributed by atoms with Crippen molar-refractivity contribution in [3.8, 4) is 0 Å². The monoisotopic (exact) mass is 392 g/mol. The van der Waals surface area contributed by atoms with Crippen LogP contribution in [0.5, 0.6) is 0 Å². The molecule has 2 aromatic rings. The van der Waals surface area contributed by atoms with Gasteiger partial charge in [0.2, 0.25) is 0 Å². The quantitative estimate of drug-likeness (QED) is 0.558. The zero-order valence-corrected chi connectivity index (χ0v) is 14.3. The van der Waals surface area contributed by atoms with E-state index in [1.54, 1.807) is 0 Å². The van der Waals surface area contributed by atoms with Crippen LogP contribution >= 0.6 is 34.2 Å². The molecule has 1 atom stereocenters. The number of imidazole rings is 1. The van der Waals surface area contributed by atoms with Crippen molar-refractivity contribution in [2.45, 2.75) is 38.8 Å². The lowest BCUT2D eigenvalue weighted by Crippen LogP contribution is -2.13. The minimum absolute atomic E-state index is 0.107. The first-order valence-electron chi connectivity index (χ1n) is 6.40. The molecule has 0 aliphatic carbocycles. The summed E-state index contributed by atoms with van der Waals surface area (Å²) in [6.07, 6.45) is 0.243. The number of rotatable bonds is 5. The highest BCUT2D eigenvalue weighted by Crippen LogP contribution is 2.25. The van der Waals surface area contributed by atoms with Crippen LogP contribution in [0.4, 0.5) is 0 Å². The zero-order valence-electron chi connectivity index (χ0n) is 11.4. The summed E-state index contributed by atoms with van der Waals surface area (Å²) >= 11 is 8.53. The number of aromatic nitrogens is 2. The molecule has 0 radical (unpaired) electrons. The van der Waals surface area contributed by atoms with Crippen molar-refractivity contribution in [1.29, 1.82) is 0 Å². The van der Waals surface area contributed by atoms with E-state index in [1.807, 2.05) is 20.8 Å². The van der Waals surface area contributed by atoms with Crippen LogP contribution in [-0.4, -0.2) is 22.3 Å². The van der Waals surface area contributed by atoms with Gasteiger partial charge in [-0.3, -0.25) is 0 Å². The molecule has 0 amide bonds. The van der Waals surface area contributed by atoms with E-state index in [0.29, 0.717) is 6.61 Å². The van der Waals surface area contributed by atoms with E-state index < -0.39 is 0 Å². The first-order valence-corrected chi connectivity index (χ1v) is 7.92. The fourth-order valence-corrected chi connectivity index (χ4v) is 2.68. The molecule has 2 rings (SSSR count). The maximum absolute atomic E-state index is 6.24. The number of hydrogen-bond acceptors (Lipinski definition) is 2. The number of alkyl halides is 1. The number of ether oxygens (including phenoxy) is 1. The molecular weight excluding hydrogens is 375 g/mol. The SMILES string of the molecule is CC(C)OCCn1c(C(C)Cl)nc2cc(I)ccc21. The third kappa shape index (κ3) is 3.61. The number of halogens is 2. The lowest BCUT2D eigenvalue weighted by atomic mass is 10.3. The molecule has 0 saturated carbocycles. The Labute approximate surface area is 132 Å². The average Bonchev–Trinajstić information content (AvgIpc) is 2.67. The highest BCUT2D eigenvalue weighted by atomic mass is 127. The van der Waals surface area contributed by atoms with Crippen LogP contribution in [0.3, 0.4) is 0 Å². The van der Waals surface area contributed by atoms with Gasteiger partial charge in [-0.2, -0.15) is 0 Å². The van der Waals surface area contributed by atoms with Crippen molar-refractivity contribution >= 4 is 45.2 Å². The Morgan fingerprint density at radius 1 is 1.37 bits per heavy atom. The summed E-state index contributed by atoms with van der Waals surface area (Å²) in [6, 6.07) is 6.27. The maximum atomic E-state index is 6.24. The molecule has 19 heavy (non-hydrogen) atoms. The topological polar surface area (TPSA) is 27.1 Å². The smallest absolute Gasteiger partial charge is 0.127 e. The molecular formula is C14H18ClIN2O. The van der Waals surface area contributed by atoms with Crippen molar-refractivity contribution < 1.29 is 4.74 Å². The second kappa shape index (κ2) is 6.41. The summed E-state index contributed by atoms with van der Waals surface area (Å²) < 4.78 is 8.97. The predicted molar refractivity (Wildman–Crippen MR) is 87.8 cm³/mol. The summed E-state index contributed by atoms with van der Waals surface area (Å²) in [6.45, 7) is 7.49. The fraction of sp³-hybridized carbons (Fsp3) is 0.500. The van der Waals surface area contributed by atoms with E-state index in [-0.39, 0.29) is 11.5 Å². The molecule has 1 aromatic heterocycles. The second-order valence-electron chi connectivity index (χ2n) is 4.79. The first-order chi connectivity index (χ1) is 8.99. The summed E-state index contributed by atoms with van der Waals surface area (Å²) in [7, 11) is 0. The normalized spacial score (nSPS) is 13.4. The third-order valence-corrected chi connectivity index (χ3v) is 3.73. The van der Waals surface area contributed by atoms with Crippen LogP contribution in [0, 0.1) is 3.57 Å². The van der Waals surface area contributed by atoms with Gasteiger partial charge in [-0.05, 0) is 61.6 Å². The van der Waals surface area contributed by atoms with E-state index in [9.17, 15) is 0 Å². The second-order valence-corrected chi connectivity index (χ2v) is 6.69. The molecule has 104 valence electrons. The molecule has 0 N–H and O–H groups in total. The Balaban J connectivity index is 2.35. The van der Waals surface area contributed by atoms with Crippen LogP contribution in [0.25, 0.3) is 11.0 Å². The van der Waals surface area contributed by atoms with E-state index >= 15 is 0 Å². The minimum atomic E-state index is -0.107. The Morgan fingerprint density at radius 2 is 2.11 bits per heavy atom. The molecule has 3 nitrogen and oxygen atoms in total. The van der Waals surface area contributed by atoms with Crippen molar-refractivity contribution in [3.05, 3.63) is 27.6 Å². The molecule has 0 saturated heterocycles. The van der Waals surface area contributed by atoms with Crippen LogP contribution in [0.15, 0.2) is 18.2 Å². The maximum Gasteiger partial charge on any atom is 0.127 e. The van der Waals surface area contributed by atoms with Gasteiger partial charge in [0.25, 0.3) is 0 Å². The minimum Gasteiger partial charge on any atom is -0.377 e. The molecule has 0 spiro atoms. The van der Waals surface area contributed by atoms with Crippen LogP contribution < -0.4 is 0 Å². The highest BCUT2D eigenvalue weighted by Gasteiger charge is 2.15. The first kappa shape index (κ1) is 15.1. The number of nitrogens with zero attached hydrogens (tertiary/aromatic N) is 2. The standard InChI is InChI=1S/C14H18ClIN2O/c1-9(2)19-7-6-18-13-5-4-11(16)8-12(13)17-14(18)10(3)15/h4-5,8-10H,6-7H2,1-3H3. The van der Waals surface area contributed by atoms with Crippen molar-refractivity contribution in [3.63, 3.8) is 0 Å². The molecule has 0 fully saturated rings. The highest BCUT2D eigenvalue weighted by molar-refractivity contribution is 14.1. The van der Waals surface area contributed by atoms with Crippen LogP contribution in [0.2, 0.25) is 0 Å². The summed E-state index contributed by atoms with van der Waals surface area (Å²) in [5, 5.41) is -0.107. The van der Waals surface area contributed by atoms with Gasteiger partial charge in [-0.15, -0.1) is 11.6 Å². The van der Waals surface area contributed by atoms with Crippen LogP contribution in [0.1, 0.15) is 32.0 Å². The van der Waals surface area contributed by atoms with E-state index in [0.717, 1.165) is 23.4 Å². The Hall–Kier alpha value is -0.330. The molecule has 5 heteroatoms. The van der Waals surface area contributed by atoms with Crippen molar-refractivity contribution in [2.24, 2.45) is 0 Å². The van der Waals surface area contributed by atoms with E-state index in [2.05, 4.69) is 50.3 Å². The van der Waals surface area contributed by atoms with Gasteiger partial charge >= 0.3 is 0 Å². The molecule has 1 unspecified atom stereocenters. The van der Waals surface area contributed by atoms with Crippen molar-refractivity contribution in [2.75, 3.05) is 6.61 Å². The van der Waals surface area contributed by atoms with Gasteiger partial charge < -0.3 is 9.30 Å². The largest absolute Gasteiger partial charge is 0.377 e. The summed E-state index contributed by atoms with van der Waals surface area (Å²) in [5.74, 6) is 0.908.